The van der Waals surface area contributed by atoms with Crippen molar-refractivity contribution in [2.75, 3.05) is 5.32 Å². The van der Waals surface area contributed by atoms with Crippen molar-refractivity contribution in [1.29, 1.82) is 0 Å². The monoisotopic (exact) mass is 372 g/mol. The molecule has 1 fully saturated rings. The van der Waals surface area contributed by atoms with E-state index in [0.717, 1.165) is 10.4 Å². The Morgan fingerprint density at radius 2 is 1.85 bits per heavy atom. The van der Waals surface area contributed by atoms with Gasteiger partial charge in [0.2, 0.25) is 5.91 Å². The minimum Gasteiger partial charge on any atom is -0.481 e. The van der Waals surface area contributed by atoms with E-state index in [1.54, 1.807) is 12.1 Å². The summed E-state index contributed by atoms with van der Waals surface area (Å²) in [4.78, 5) is 29.7. The SMILES string of the molecule is Cc1sc(NC(=O)[C@H]2[C@H](C(=O)O)[C@H]3C=C[C@H]2C3)nc1-c1ccc(F)cc1. The lowest BCUT2D eigenvalue weighted by atomic mass is 9.82. The molecular formula is C19H17FN2O3S. The van der Waals surface area contributed by atoms with Gasteiger partial charge in [0.05, 0.1) is 17.5 Å². The van der Waals surface area contributed by atoms with Gasteiger partial charge < -0.3 is 10.4 Å². The number of nitrogens with zero attached hydrogens (tertiary/aromatic N) is 1. The van der Waals surface area contributed by atoms with E-state index in [9.17, 15) is 19.1 Å². The Morgan fingerprint density at radius 3 is 2.50 bits per heavy atom. The minimum absolute atomic E-state index is 0.0290. The summed E-state index contributed by atoms with van der Waals surface area (Å²) >= 11 is 1.33. The summed E-state index contributed by atoms with van der Waals surface area (Å²) in [5, 5.41) is 12.7. The van der Waals surface area contributed by atoms with Crippen LogP contribution in [-0.4, -0.2) is 22.0 Å². The van der Waals surface area contributed by atoms with Crippen LogP contribution < -0.4 is 5.32 Å². The number of carboxylic acid groups (broad SMARTS) is 1. The van der Waals surface area contributed by atoms with Crippen molar-refractivity contribution >= 4 is 28.3 Å². The van der Waals surface area contributed by atoms with Crippen molar-refractivity contribution in [3.05, 3.63) is 47.1 Å². The average molecular weight is 372 g/mol. The van der Waals surface area contributed by atoms with Crippen LogP contribution in [0.15, 0.2) is 36.4 Å². The summed E-state index contributed by atoms with van der Waals surface area (Å²) in [5.74, 6) is -2.89. The highest BCUT2D eigenvalue weighted by Crippen LogP contribution is 2.48. The molecule has 2 aromatic rings. The quantitative estimate of drug-likeness (QED) is 0.802. The highest BCUT2D eigenvalue weighted by molar-refractivity contribution is 7.16. The van der Waals surface area contributed by atoms with E-state index in [4.69, 9.17) is 0 Å². The standard InChI is InChI=1S/C19H17FN2O3S/c1-9-16(10-4-6-13(20)7-5-10)21-19(26-9)22-17(23)14-11-2-3-12(8-11)15(14)18(24)25/h2-7,11-12,14-15H,8H2,1H3,(H,24,25)(H,21,22,23)/t11-,12-,14+,15+/m0/s1. The first kappa shape index (κ1) is 16.9. The highest BCUT2D eigenvalue weighted by atomic mass is 32.1. The summed E-state index contributed by atoms with van der Waals surface area (Å²) in [6, 6.07) is 6.02. The number of fused-ring (bicyclic) bond motifs is 2. The fraction of sp³-hybridized carbons (Fsp3) is 0.316. The van der Waals surface area contributed by atoms with Crippen LogP contribution in [0.3, 0.4) is 0 Å². The topological polar surface area (TPSA) is 79.3 Å². The van der Waals surface area contributed by atoms with Crippen molar-refractivity contribution in [2.24, 2.45) is 23.7 Å². The number of thiazole rings is 1. The van der Waals surface area contributed by atoms with Gasteiger partial charge in [0.15, 0.2) is 5.13 Å². The summed E-state index contributed by atoms with van der Waals surface area (Å²) in [6.45, 7) is 1.88. The van der Waals surface area contributed by atoms with Crippen molar-refractivity contribution in [2.45, 2.75) is 13.3 Å². The third-order valence-corrected chi connectivity index (χ3v) is 6.08. The van der Waals surface area contributed by atoms with Crippen molar-refractivity contribution < 1.29 is 19.1 Å². The maximum Gasteiger partial charge on any atom is 0.307 e. The number of allylic oxidation sites excluding steroid dienone is 2. The second kappa shape index (κ2) is 6.32. The van der Waals surface area contributed by atoms with E-state index in [2.05, 4.69) is 10.3 Å². The predicted molar refractivity (Wildman–Crippen MR) is 96.2 cm³/mol. The Bertz CT molecular complexity index is 906. The summed E-state index contributed by atoms with van der Waals surface area (Å²) < 4.78 is 13.1. The van der Waals surface area contributed by atoms with Crippen LogP contribution in [0.2, 0.25) is 0 Å². The fourth-order valence-corrected chi connectivity index (χ4v) is 4.87. The molecule has 0 saturated heterocycles. The lowest BCUT2D eigenvalue weighted by Crippen LogP contribution is -2.36. The molecule has 1 amide bonds. The molecule has 4 atom stereocenters. The molecule has 0 unspecified atom stereocenters. The number of anilines is 1. The second-order valence-electron chi connectivity index (χ2n) is 6.76. The molecule has 2 aliphatic carbocycles. The molecule has 134 valence electrons. The van der Waals surface area contributed by atoms with E-state index in [1.807, 2.05) is 19.1 Å². The summed E-state index contributed by atoms with van der Waals surface area (Å²) in [5.41, 5.74) is 1.46. The molecule has 1 heterocycles. The van der Waals surface area contributed by atoms with Crippen molar-refractivity contribution in [1.82, 2.24) is 4.98 Å². The molecule has 2 bridgehead atoms. The Labute approximate surface area is 153 Å². The van der Waals surface area contributed by atoms with Crippen LogP contribution in [0.25, 0.3) is 11.3 Å². The molecule has 0 radical (unpaired) electrons. The molecule has 2 N–H and O–H groups in total. The molecular weight excluding hydrogens is 355 g/mol. The average Bonchev–Trinajstić information content (AvgIpc) is 3.29. The maximum atomic E-state index is 13.1. The molecule has 4 rings (SSSR count). The number of benzene rings is 1. The summed E-state index contributed by atoms with van der Waals surface area (Å²) in [6.07, 6.45) is 4.57. The predicted octanol–water partition coefficient (Wildman–Crippen LogP) is 3.72. The van der Waals surface area contributed by atoms with Gasteiger partial charge in [-0.2, -0.15) is 0 Å². The first-order valence-corrected chi connectivity index (χ1v) is 9.21. The third-order valence-electron chi connectivity index (χ3n) is 5.19. The Morgan fingerprint density at radius 1 is 1.19 bits per heavy atom. The molecule has 2 aliphatic rings. The maximum absolute atomic E-state index is 13.1. The van der Waals surface area contributed by atoms with Crippen LogP contribution >= 0.6 is 11.3 Å². The van der Waals surface area contributed by atoms with E-state index in [1.165, 1.54) is 23.5 Å². The van der Waals surface area contributed by atoms with E-state index in [0.29, 0.717) is 17.2 Å². The first-order valence-electron chi connectivity index (χ1n) is 8.39. The highest BCUT2D eigenvalue weighted by Gasteiger charge is 2.51. The molecule has 1 saturated carbocycles. The van der Waals surface area contributed by atoms with Crippen LogP contribution in [0.4, 0.5) is 9.52 Å². The number of rotatable bonds is 4. The van der Waals surface area contributed by atoms with Crippen molar-refractivity contribution in [3.8, 4) is 11.3 Å². The zero-order chi connectivity index (χ0) is 18.4. The number of carbonyl (C=O) groups is 2. The van der Waals surface area contributed by atoms with Gasteiger partial charge >= 0.3 is 5.97 Å². The molecule has 1 aromatic carbocycles. The number of nitrogens with one attached hydrogen (secondary N) is 1. The van der Waals surface area contributed by atoms with Gasteiger partial charge in [0, 0.05) is 10.4 Å². The molecule has 26 heavy (non-hydrogen) atoms. The largest absolute Gasteiger partial charge is 0.481 e. The van der Waals surface area contributed by atoms with E-state index < -0.39 is 17.8 Å². The third kappa shape index (κ3) is 2.82. The minimum atomic E-state index is -0.927. The van der Waals surface area contributed by atoms with Gasteiger partial charge in [-0.05, 0) is 49.4 Å². The normalized spacial score (nSPS) is 26.2. The fourth-order valence-electron chi connectivity index (χ4n) is 4.03. The number of halogens is 1. The Balaban J connectivity index is 1.55. The van der Waals surface area contributed by atoms with Gasteiger partial charge in [-0.25, -0.2) is 9.37 Å². The van der Waals surface area contributed by atoms with Gasteiger partial charge in [0.1, 0.15) is 5.82 Å². The van der Waals surface area contributed by atoms with E-state index in [-0.39, 0.29) is 23.6 Å². The lowest BCUT2D eigenvalue weighted by Gasteiger charge is -2.23. The van der Waals surface area contributed by atoms with Crippen molar-refractivity contribution in [3.63, 3.8) is 0 Å². The molecule has 7 heteroatoms. The van der Waals surface area contributed by atoms with E-state index >= 15 is 0 Å². The number of aromatic nitrogens is 1. The van der Waals surface area contributed by atoms with Crippen LogP contribution in [-0.2, 0) is 9.59 Å². The number of amides is 1. The first-order chi connectivity index (χ1) is 12.4. The second-order valence-corrected chi connectivity index (χ2v) is 7.96. The van der Waals surface area contributed by atoms with Gasteiger partial charge in [0.25, 0.3) is 0 Å². The van der Waals surface area contributed by atoms with Crippen LogP contribution in [0.5, 0.6) is 0 Å². The number of hydrogen-bond donors (Lipinski definition) is 2. The van der Waals surface area contributed by atoms with Crippen LogP contribution in [0.1, 0.15) is 11.3 Å². The van der Waals surface area contributed by atoms with Crippen LogP contribution in [0, 0.1) is 36.4 Å². The molecule has 5 nitrogen and oxygen atoms in total. The molecule has 0 spiro atoms. The van der Waals surface area contributed by atoms with Gasteiger partial charge in [-0.15, -0.1) is 11.3 Å². The smallest absolute Gasteiger partial charge is 0.307 e. The van der Waals surface area contributed by atoms with Gasteiger partial charge in [-0.1, -0.05) is 12.2 Å². The number of aryl methyl sites for hydroxylation is 1. The zero-order valence-electron chi connectivity index (χ0n) is 14.0. The Hall–Kier alpha value is -2.54. The zero-order valence-corrected chi connectivity index (χ0v) is 14.8. The number of carboxylic acids is 1. The lowest BCUT2D eigenvalue weighted by molar-refractivity contribution is -0.146. The number of hydrogen-bond acceptors (Lipinski definition) is 4. The molecule has 1 aromatic heterocycles. The van der Waals surface area contributed by atoms with Gasteiger partial charge in [-0.3, -0.25) is 9.59 Å². The number of carbonyl (C=O) groups excluding carboxylic acids is 1. The Kier molecular flexibility index (Phi) is 4.11. The summed E-state index contributed by atoms with van der Waals surface area (Å²) in [7, 11) is 0. The molecule has 0 aliphatic heterocycles. The number of aliphatic carboxylic acids is 1.